The van der Waals surface area contributed by atoms with E-state index in [0.29, 0.717) is 38.2 Å². The molecule has 1 atom stereocenters. The standard InChI is InChI=1S/C22H33N5O3/c1-23-22(27-12-10-26(11-13-27)21(28)19-7-4-14-29-19)25-16-17-8-9-20(24-15-17)30-18-5-2-3-6-18/h8-9,15,18-19H,2-7,10-14,16H2,1H3,(H,23,25). The summed E-state index contributed by atoms with van der Waals surface area (Å²) < 4.78 is 11.5. The number of carbonyl (C=O) groups is 1. The number of aromatic nitrogens is 1. The first-order valence-electron chi connectivity index (χ1n) is 11.2. The van der Waals surface area contributed by atoms with Crippen LogP contribution in [-0.2, 0) is 16.1 Å². The van der Waals surface area contributed by atoms with Gasteiger partial charge in [-0.2, -0.15) is 0 Å². The Hall–Kier alpha value is -2.35. The van der Waals surface area contributed by atoms with E-state index >= 15 is 0 Å². The molecule has 2 saturated heterocycles. The minimum absolute atomic E-state index is 0.140. The summed E-state index contributed by atoms with van der Waals surface area (Å²) in [4.78, 5) is 25.5. The number of hydrogen-bond acceptors (Lipinski definition) is 5. The summed E-state index contributed by atoms with van der Waals surface area (Å²) in [5.74, 6) is 1.70. The number of nitrogens with one attached hydrogen (secondary N) is 1. The summed E-state index contributed by atoms with van der Waals surface area (Å²) >= 11 is 0. The van der Waals surface area contributed by atoms with E-state index in [-0.39, 0.29) is 12.0 Å². The third kappa shape index (κ3) is 5.22. The molecule has 1 aromatic rings. The number of hydrogen-bond donors (Lipinski definition) is 1. The number of guanidine groups is 1. The molecule has 30 heavy (non-hydrogen) atoms. The van der Waals surface area contributed by atoms with Gasteiger partial charge in [0.05, 0.1) is 0 Å². The van der Waals surface area contributed by atoms with Crippen molar-refractivity contribution in [2.75, 3.05) is 39.8 Å². The zero-order chi connectivity index (χ0) is 20.8. The molecule has 3 fully saturated rings. The quantitative estimate of drug-likeness (QED) is 0.584. The summed E-state index contributed by atoms with van der Waals surface area (Å²) in [6, 6.07) is 4.00. The van der Waals surface area contributed by atoms with E-state index in [2.05, 4.69) is 26.3 Å². The normalized spacial score (nSPS) is 23.1. The molecule has 0 bridgehead atoms. The smallest absolute Gasteiger partial charge is 0.251 e. The van der Waals surface area contributed by atoms with Crippen molar-refractivity contribution in [3.05, 3.63) is 23.9 Å². The van der Waals surface area contributed by atoms with Crippen LogP contribution in [0.15, 0.2) is 23.3 Å². The lowest BCUT2D eigenvalue weighted by atomic mass is 10.2. The van der Waals surface area contributed by atoms with Gasteiger partial charge in [0.15, 0.2) is 5.96 Å². The molecule has 0 aromatic carbocycles. The van der Waals surface area contributed by atoms with Gasteiger partial charge in [0.1, 0.15) is 12.2 Å². The van der Waals surface area contributed by atoms with E-state index in [4.69, 9.17) is 9.47 Å². The van der Waals surface area contributed by atoms with Gasteiger partial charge in [-0.3, -0.25) is 9.79 Å². The lowest BCUT2D eigenvalue weighted by Crippen LogP contribution is -2.55. The van der Waals surface area contributed by atoms with Crippen molar-refractivity contribution in [1.82, 2.24) is 20.1 Å². The second-order valence-electron chi connectivity index (χ2n) is 8.24. The largest absolute Gasteiger partial charge is 0.474 e. The summed E-state index contributed by atoms with van der Waals surface area (Å²) in [5, 5.41) is 3.41. The average molecular weight is 416 g/mol. The van der Waals surface area contributed by atoms with Crippen molar-refractivity contribution in [1.29, 1.82) is 0 Å². The van der Waals surface area contributed by atoms with Crippen LogP contribution in [0.25, 0.3) is 0 Å². The molecule has 1 saturated carbocycles. The van der Waals surface area contributed by atoms with Gasteiger partial charge in [0.2, 0.25) is 5.88 Å². The van der Waals surface area contributed by atoms with E-state index < -0.39 is 0 Å². The lowest BCUT2D eigenvalue weighted by Gasteiger charge is -2.37. The maximum atomic E-state index is 12.5. The summed E-state index contributed by atoms with van der Waals surface area (Å²) in [7, 11) is 1.79. The van der Waals surface area contributed by atoms with Crippen LogP contribution in [0, 0.1) is 0 Å². The predicted octanol–water partition coefficient (Wildman–Crippen LogP) is 1.80. The fraction of sp³-hybridized carbons (Fsp3) is 0.682. The predicted molar refractivity (Wildman–Crippen MR) is 114 cm³/mol. The zero-order valence-electron chi connectivity index (χ0n) is 17.9. The molecule has 8 nitrogen and oxygen atoms in total. The number of ether oxygens (including phenoxy) is 2. The highest BCUT2D eigenvalue weighted by Gasteiger charge is 2.30. The van der Waals surface area contributed by atoms with Crippen molar-refractivity contribution in [2.24, 2.45) is 4.99 Å². The first-order chi connectivity index (χ1) is 14.7. The van der Waals surface area contributed by atoms with Crippen LogP contribution in [0.2, 0.25) is 0 Å². The molecule has 0 radical (unpaired) electrons. The highest BCUT2D eigenvalue weighted by Crippen LogP contribution is 2.23. The molecule has 164 valence electrons. The fourth-order valence-electron chi connectivity index (χ4n) is 4.39. The molecule has 3 heterocycles. The minimum Gasteiger partial charge on any atom is -0.474 e. The Morgan fingerprint density at radius 2 is 1.93 bits per heavy atom. The van der Waals surface area contributed by atoms with E-state index in [9.17, 15) is 4.79 Å². The number of amides is 1. The Bertz CT molecular complexity index is 719. The molecular weight excluding hydrogens is 382 g/mol. The van der Waals surface area contributed by atoms with Crippen molar-refractivity contribution in [3.63, 3.8) is 0 Å². The number of rotatable bonds is 5. The zero-order valence-corrected chi connectivity index (χ0v) is 17.9. The number of nitrogens with zero attached hydrogens (tertiary/aromatic N) is 4. The molecule has 1 aromatic heterocycles. The topological polar surface area (TPSA) is 79.3 Å². The molecule has 0 spiro atoms. The maximum absolute atomic E-state index is 12.5. The number of piperazine rings is 1. The fourth-order valence-corrected chi connectivity index (χ4v) is 4.39. The van der Waals surface area contributed by atoms with Gasteiger partial charge in [-0.25, -0.2) is 4.98 Å². The molecule has 1 amide bonds. The second kappa shape index (κ2) is 10.1. The van der Waals surface area contributed by atoms with Gasteiger partial charge in [0, 0.05) is 58.6 Å². The second-order valence-corrected chi connectivity index (χ2v) is 8.24. The van der Waals surface area contributed by atoms with Gasteiger partial charge in [-0.1, -0.05) is 6.07 Å². The average Bonchev–Trinajstić information content (AvgIpc) is 3.50. The maximum Gasteiger partial charge on any atom is 0.251 e. The number of aliphatic imine (C=N–C) groups is 1. The molecule has 1 unspecified atom stereocenters. The molecule has 3 aliphatic rings. The molecular formula is C22H33N5O3. The van der Waals surface area contributed by atoms with E-state index in [1.54, 1.807) is 7.05 Å². The van der Waals surface area contributed by atoms with E-state index in [0.717, 1.165) is 50.3 Å². The van der Waals surface area contributed by atoms with Gasteiger partial charge in [-0.15, -0.1) is 0 Å². The first-order valence-corrected chi connectivity index (χ1v) is 11.2. The van der Waals surface area contributed by atoms with Gasteiger partial charge in [-0.05, 0) is 44.1 Å². The molecule has 4 rings (SSSR count). The molecule has 2 aliphatic heterocycles. The first kappa shape index (κ1) is 20.9. The van der Waals surface area contributed by atoms with Crippen LogP contribution >= 0.6 is 0 Å². The van der Waals surface area contributed by atoms with Crippen LogP contribution in [-0.4, -0.2) is 78.7 Å². The van der Waals surface area contributed by atoms with Crippen molar-refractivity contribution in [3.8, 4) is 5.88 Å². The van der Waals surface area contributed by atoms with Crippen LogP contribution in [0.3, 0.4) is 0 Å². The van der Waals surface area contributed by atoms with Gasteiger partial charge in [0.25, 0.3) is 5.91 Å². The van der Waals surface area contributed by atoms with E-state index in [1.807, 2.05) is 17.2 Å². The van der Waals surface area contributed by atoms with Crippen LogP contribution < -0.4 is 10.1 Å². The third-order valence-electron chi connectivity index (χ3n) is 6.15. The van der Waals surface area contributed by atoms with Crippen molar-refractivity contribution in [2.45, 2.75) is 57.3 Å². The van der Waals surface area contributed by atoms with Crippen LogP contribution in [0.4, 0.5) is 0 Å². The third-order valence-corrected chi connectivity index (χ3v) is 6.15. The van der Waals surface area contributed by atoms with Crippen LogP contribution in [0.1, 0.15) is 44.1 Å². The van der Waals surface area contributed by atoms with Crippen molar-refractivity contribution < 1.29 is 14.3 Å². The highest BCUT2D eigenvalue weighted by molar-refractivity contribution is 5.82. The summed E-state index contributed by atoms with van der Waals surface area (Å²) in [6.45, 7) is 4.30. The summed E-state index contributed by atoms with van der Waals surface area (Å²) in [6.07, 6.45) is 8.56. The SMILES string of the molecule is CN=C(NCc1ccc(OC2CCCC2)nc1)N1CCN(C(=O)C2CCCO2)CC1. The Labute approximate surface area is 178 Å². The van der Waals surface area contributed by atoms with Crippen LogP contribution in [0.5, 0.6) is 5.88 Å². The Morgan fingerprint density at radius 1 is 1.17 bits per heavy atom. The minimum atomic E-state index is -0.234. The number of pyridine rings is 1. The number of carbonyl (C=O) groups excluding carboxylic acids is 1. The summed E-state index contributed by atoms with van der Waals surface area (Å²) in [5.41, 5.74) is 1.09. The van der Waals surface area contributed by atoms with E-state index in [1.165, 1.54) is 12.8 Å². The Morgan fingerprint density at radius 3 is 2.57 bits per heavy atom. The van der Waals surface area contributed by atoms with Crippen molar-refractivity contribution >= 4 is 11.9 Å². The Kier molecular flexibility index (Phi) is 7.04. The van der Waals surface area contributed by atoms with Gasteiger partial charge < -0.3 is 24.6 Å². The Balaban J connectivity index is 1.22. The molecule has 1 aliphatic carbocycles. The highest BCUT2D eigenvalue weighted by atomic mass is 16.5. The lowest BCUT2D eigenvalue weighted by molar-refractivity contribution is -0.142. The monoisotopic (exact) mass is 415 g/mol. The molecule has 1 N–H and O–H groups in total. The van der Waals surface area contributed by atoms with Gasteiger partial charge >= 0.3 is 0 Å². The molecule has 8 heteroatoms.